The molecular formula is C8H10F10N2O4S2. The van der Waals surface area contributed by atoms with Gasteiger partial charge in [0.25, 0.3) is 0 Å². The van der Waals surface area contributed by atoms with Crippen molar-refractivity contribution in [3.8, 4) is 0 Å². The maximum Gasteiger partial charge on any atom is 0.467 e. The Bertz CT molecular complexity index is 617. The van der Waals surface area contributed by atoms with Crippen molar-refractivity contribution in [2.24, 2.45) is 0 Å². The van der Waals surface area contributed by atoms with Gasteiger partial charge < -0.3 is 9.44 Å². The van der Waals surface area contributed by atoms with Crippen molar-refractivity contribution in [3.63, 3.8) is 0 Å². The van der Waals surface area contributed by atoms with Crippen LogP contribution in [-0.4, -0.2) is 52.8 Å². The third-order valence-corrected chi connectivity index (χ3v) is 5.90. The summed E-state index contributed by atoms with van der Waals surface area (Å²) in [5.74, 6) is 0. The highest BCUT2D eigenvalue weighted by atomic mass is 32.3. The highest BCUT2D eigenvalue weighted by molar-refractivity contribution is 8.13. The van der Waals surface area contributed by atoms with Gasteiger partial charge in [-0.25, -0.2) is 16.8 Å². The molecule has 2 N–H and O–H groups in total. The number of hydrogen-bond donors (Lipinski definition) is 1. The lowest BCUT2D eigenvalue weighted by Gasteiger charge is -2.31. The van der Waals surface area contributed by atoms with Crippen molar-refractivity contribution < 1.29 is 66.1 Å². The zero-order valence-electron chi connectivity index (χ0n) is 12.1. The van der Waals surface area contributed by atoms with Gasteiger partial charge in [0.15, 0.2) is 20.0 Å². The Morgan fingerprint density at radius 1 is 0.615 bits per heavy atom. The molecule has 1 aliphatic rings. The molecule has 0 unspecified atom stereocenters. The number of alkyl halides is 10. The van der Waals surface area contributed by atoms with Crippen molar-refractivity contribution in [1.29, 1.82) is 0 Å². The molecule has 1 aliphatic heterocycles. The standard InChI is InChI=1S/C4F10NO4S2.C4H9N/c5-1(6,7)3(11,12)20(16,17)15-21(18,19)4(13,14)2(8,9)10;1-2-4-5-3-1/h;5H,1-4H2/q-1;/p+1. The quantitative estimate of drug-likeness (QED) is 0.657. The van der Waals surface area contributed by atoms with Gasteiger partial charge in [-0.15, -0.1) is 0 Å². The summed E-state index contributed by atoms with van der Waals surface area (Å²) in [5.41, 5.74) is 0. The molecule has 0 aliphatic carbocycles. The molecule has 1 rings (SSSR count). The smallest absolute Gasteiger partial charge is 0.425 e. The van der Waals surface area contributed by atoms with E-state index >= 15 is 0 Å². The van der Waals surface area contributed by atoms with Gasteiger partial charge in [-0.3, -0.25) is 0 Å². The average molecular weight is 452 g/mol. The fourth-order valence-electron chi connectivity index (χ4n) is 1.24. The van der Waals surface area contributed by atoms with Gasteiger partial charge in [0.05, 0.1) is 13.1 Å². The number of rotatable bonds is 4. The second-order valence-corrected chi connectivity index (χ2v) is 8.15. The summed E-state index contributed by atoms with van der Waals surface area (Å²) in [6, 6.07) is 0. The average Bonchev–Trinajstić information content (AvgIpc) is 2.92. The van der Waals surface area contributed by atoms with Gasteiger partial charge in [0.1, 0.15) is 0 Å². The number of sulfonamides is 2. The van der Waals surface area contributed by atoms with Gasteiger partial charge in [-0.05, 0) is 0 Å². The van der Waals surface area contributed by atoms with Gasteiger partial charge >= 0.3 is 22.9 Å². The van der Waals surface area contributed by atoms with E-state index in [1.54, 1.807) is 0 Å². The van der Waals surface area contributed by atoms with Crippen molar-refractivity contribution in [2.75, 3.05) is 13.1 Å². The van der Waals surface area contributed by atoms with Gasteiger partial charge in [0, 0.05) is 12.8 Å². The molecule has 0 aromatic rings. The Kier molecular flexibility index (Phi) is 7.37. The largest absolute Gasteiger partial charge is 0.467 e. The molecule has 158 valence electrons. The molecular weight excluding hydrogens is 442 g/mol. The predicted octanol–water partition coefficient (Wildman–Crippen LogP) is 1.67. The van der Waals surface area contributed by atoms with Crippen LogP contribution in [0, 0.1) is 0 Å². The minimum Gasteiger partial charge on any atom is -0.425 e. The van der Waals surface area contributed by atoms with E-state index in [1.165, 1.54) is 25.9 Å². The molecule has 0 atom stereocenters. The minimum absolute atomic E-state index is 0.422. The van der Waals surface area contributed by atoms with Crippen LogP contribution in [0.3, 0.4) is 0 Å². The molecule has 0 bridgehead atoms. The van der Waals surface area contributed by atoms with Crippen LogP contribution in [0.5, 0.6) is 0 Å². The van der Waals surface area contributed by atoms with E-state index in [1.807, 2.05) is 0 Å². The summed E-state index contributed by atoms with van der Waals surface area (Å²) in [4.78, 5) is 0. The summed E-state index contributed by atoms with van der Waals surface area (Å²) in [6.07, 6.45) is -11.1. The van der Waals surface area contributed by atoms with Crippen LogP contribution < -0.4 is 5.32 Å². The lowest BCUT2D eigenvalue weighted by atomic mass is 10.4. The Hall–Kier alpha value is -0.880. The topological polar surface area (TPSA) is 99.0 Å². The van der Waals surface area contributed by atoms with Gasteiger partial charge in [-0.2, -0.15) is 43.9 Å². The Morgan fingerprint density at radius 3 is 1.04 bits per heavy atom. The maximum absolute atomic E-state index is 12.3. The van der Waals surface area contributed by atoms with Crippen LogP contribution in [-0.2, 0) is 20.0 Å². The fraction of sp³-hybridized carbons (Fsp3) is 1.00. The first-order chi connectivity index (χ1) is 11.2. The molecule has 1 heterocycles. The molecule has 0 amide bonds. The van der Waals surface area contributed by atoms with E-state index in [-0.39, 0.29) is 0 Å². The van der Waals surface area contributed by atoms with Crippen LogP contribution in [0.25, 0.3) is 4.13 Å². The first-order valence-electron chi connectivity index (χ1n) is 6.15. The van der Waals surface area contributed by atoms with Gasteiger partial charge in [0.2, 0.25) is 0 Å². The zero-order chi connectivity index (χ0) is 21.2. The second-order valence-electron chi connectivity index (χ2n) is 4.63. The van der Waals surface area contributed by atoms with Gasteiger partial charge in [-0.1, -0.05) is 0 Å². The van der Waals surface area contributed by atoms with E-state index in [4.69, 9.17) is 0 Å². The number of nitrogens with two attached hydrogens (primary N) is 1. The van der Waals surface area contributed by atoms with E-state index < -0.39 is 42.9 Å². The summed E-state index contributed by atoms with van der Waals surface area (Å²) in [7, 11) is -15.2. The molecule has 6 nitrogen and oxygen atoms in total. The van der Waals surface area contributed by atoms with Crippen LogP contribution in [0.15, 0.2) is 0 Å². The SMILES string of the molecule is C1CC[NH2+]C1.O=S(=O)([N-]S(=O)(=O)C(F)(F)C(F)(F)F)C(F)(F)C(F)(F)F. The molecule has 0 radical (unpaired) electrons. The number of quaternary nitrogens is 1. The first-order valence-corrected chi connectivity index (χ1v) is 9.03. The van der Waals surface area contributed by atoms with Crippen molar-refractivity contribution >= 4 is 20.0 Å². The van der Waals surface area contributed by atoms with E-state index in [9.17, 15) is 60.7 Å². The third kappa shape index (κ3) is 5.32. The zero-order valence-corrected chi connectivity index (χ0v) is 13.7. The first kappa shape index (κ1) is 25.1. The molecule has 18 heteroatoms. The Labute approximate surface area is 140 Å². The second kappa shape index (κ2) is 7.63. The van der Waals surface area contributed by atoms with E-state index in [0.717, 1.165) is 0 Å². The highest BCUT2D eigenvalue weighted by Gasteiger charge is 2.68. The monoisotopic (exact) mass is 452 g/mol. The summed E-state index contributed by atoms with van der Waals surface area (Å²) < 4.78 is 161. The van der Waals surface area contributed by atoms with Crippen LogP contribution in [0.1, 0.15) is 12.8 Å². The third-order valence-electron chi connectivity index (χ3n) is 2.57. The van der Waals surface area contributed by atoms with Crippen molar-refractivity contribution in [1.82, 2.24) is 0 Å². The molecule has 0 aromatic carbocycles. The Morgan fingerprint density at radius 2 is 0.885 bits per heavy atom. The molecule has 0 aromatic heterocycles. The Balaban J connectivity index is 0.00000106. The molecule has 26 heavy (non-hydrogen) atoms. The van der Waals surface area contributed by atoms with Crippen molar-refractivity contribution in [2.45, 2.75) is 35.7 Å². The van der Waals surface area contributed by atoms with Crippen LogP contribution >= 0.6 is 0 Å². The van der Waals surface area contributed by atoms with Crippen LogP contribution in [0.2, 0.25) is 0 Å². The summed E-state index contributed by atoms with van der Waals surface area (Å²) in [5, 5.41) is -11.6. The summed E-state index contributed by atoms with van der Waals surface area (Å²) >= 11 is 0. The minimum atomic E-state index is -7.62. The predicted molar refractivity (Wildman–Crippen MR) is 64.1 cm³/mol. The molecule has 1 fully saturated rings. The number of nitrogens with zero attached hydrogens (tertiary/aromatic N) is 1. The lowest BCUT2D eigenvalue weighted by Crippen LogP contribution is -2.80. The van der Waals surface area contributed by atoms with E-state index in [0.29, 0.717) is 4.13 Å². The van der Waals surface area contributed by atoms with Crippen LogP contribution in [0.4, 0.5) is 43.9 Å². The normalized spacial score (nSPS) is 17.6. The van der Waals surface area contributed by atoms with Crippen molar-refractivity contribution in [3.05, 3.63) is 4.13 Å². The fourth-order valence-corrected chi connectivity index (χ4v) is 3.60. The maximum atomic E-state index is 12.3. The molecule has 0 saturated carbocycles. The molecule has 0 spiro atoms. The number of hydrogen-bond acceptors (Lipinski definition) is 4. The van der Waals surface area contributed by atoms with E-state index in [2.05, 4.69) is 5.32 Å². The molecule has 1 saturated heterocycles. The lowest BCUT2D eigenvalue weighted by molar-refractivity contribution is -0.635. The highest BCUT2D eigenvalue weighted by Crippen LogP contribution is 2.47. The number of halogens is 10. The summed E-state index contributed by atoms with van der Waals surface area (Å²) in [6.45, 7) is 2.75.